The van der Waals surface area contributed by atoms with Crippen molar-refractivity contribution in [1.82, 2.24) is 10.2 Å². The van der Waals surface area contributed by atoms with E-state index in [-0.39, 0.29) is 25.3 Å². The van der Waals surface area contributed by atoms with Crippen molar-refractivity contribution in [2.45, 2.75) is 19.5 Å². The van der Waals surface area contributed by atoms with Crippen LogP contribution in [0.5, 0.6) is 17.2 Å². The number of nitrogens with one attached hydrogen (secondary N) is 1. The summed E-state index contributed by atoms with van der Waals surface area (Å²) in [6.45, 7) is 2.98. The third kappa shape index (κ3) is 4.84. The van der Waals surface area contributed by atoms with E-state index in [1.165, 1.54) is 0 Å². The molecule has 1 heterocycles. The topological polar surface area (TPSA) is 60.0 Å². The Morgan fingerprint density at radius 1 is 1.26 bits per heavy atom. The van der Waals surface area contributed by atoms with E-state index in [0.717, 1.165) is 22.6 Å². The van der Waals surface area contributed by atoms with E-state index in [1.54, 1.807) is 13.2 Å². The molecular formula is C20H23ClN2O4. The van der Waals surface area contributed by atoms with Crippen molar-refractivity contribution >= 4 is 17.5 Å². The molecule has 0 bridgehead atoms. The van der Waals surface area contributed by atoms with Gasteiger partial charge in [0.2, 0.25) is 12.7 Å². The minimum absolute atomic E-state index is 0.0661. The van der Waals surface area contributed by atoms with E-state index in [2.05, 4.69) is 5.32 Å². The largest absolute Gasteiger partial charge is 0.496 e. The highest BCUT2D eigenvalue weighted by molar-refractivity contribution is 6.30. The average Bonchev–Trinajstić information content (AvgIpc) is 3.09. The van der Waals surface area contributed by atoms with Crippen LogP contribution in [0.25, 0.3) is 0 Å². The van der Waals surface area contributed by atoms with E-state index < -0.39 is 0 Å². The summed E-state index contributed by atoms with van der Waals surface area (Å²) in [7, 11) is 3.50. The number of likely N-dealkylation sites (N-methyl/N-ethyl adjacent to an activating group) is 1. The summed E-state index contributed by atoms with van der Waals surface area (Å²) in [5, 5.41) is 3.65. The number of ether oxygens (including phenoxy) is 3. The number of fused-ring (bicyclic) bond motifs is 1. The van der Waals surface area contributed by atoms with Crippen molar-refractivity contribution in [3.8, 4) is 17.2 Å². The second-order valence-corrected chi connectivity index (χ2v) is 6.97. The van der Waals surface area contributed by atoms with Gasteiger partial charge in [0.15, 0.2) is 11.5 Å². The highest BCUT2D eigenvalue weighted by Crippen LogP contribution is 2.34. The monoisotopic (exact) mass is 390 g/mol. The second kappa shape index (κ2) is 8.50. The second-order valence-electron chi connectivity index (χ2n) is 6.53. The molecule has 2 aromatic rings. The van der Waals surface area contributed by atoms with Gasteiger partial charge in [-0.2, -0.15) is 0 Å². The fourth-order valence-electron chi connectivity index (χ4n) is 3.02. The molecule has 1 atom stereocenters. The van der Waals surface area contributed by atoms with E-state index in [1.807, 2.05) is 49.2 Å². The minimum atomic E-state index is -0.138. The number of carbonyl (C=O) groups is 1. The van der Waals surface area contributed by atoms with Crippen molar-refractivity contribution in [1.29, 1.82) is 0 Å². The highest BCUT2D eigenvalue weighted by atomic mass is 35.5. The Balaban J connectivity index is 1.56. The number of benzene rings is 2. The summed E-state index contributed by atoms with van der Waals surface area (Å²) >= 11 is 6.07. The molecule has 1 amide bonds. The molecule has 6 nitrogen and oxygen atoms in total. The third-order valence-corrected chi connectivity index (χ3v) is 4.61. The van der Waals surface area contributed by atoms with Gasteiger partial charge in [-0.05, 0) is 49.9 Å². The number of hydrogen-bond donors (Lipinski definition) is 1. The molecule has 7 heteroatoms. The van der Waals surface area contributed by atoms with Crippen LogP contribution < -0.4 is 19.5 Å². The predicted molar refractivity (Wildman–Crippen MR) is 103 cm³/mol. The van der Waals surface area contributed by atoms with Gasteiger partial charge < -0.3 is 19.5 Å². The first-order valence-corrected chi connectivity index (χ1v) is 9.04. The molecule has 0 saturated heterocycles. The van der Waals surface area contributed by atoms with Gasteiger partial charge in [-0.1, -0.05) is 17.7 Å². The Labute approximate surface area is 164 Å². The quantitative estimate of drug-likeness (QED) is 0.785. The van der Waals surface area contributed by atoms with E-state index in [9.17, 15) is 4.79 Å². The zero-order valence-electron chi connectivity index (χ0n) is 15.6. The summed E-state index contributed by atoms with van der Waals surface area (Å²) in [6.07, 6.45) is 0. The number of methoxy groups -OCH3 is 1. The molecule has 0 unspecified atom stereocenters. The van der Waals surface area contributed by atoms with Crippen LogP contribution in [0.4, 0.5) is 0 Å². The summed E-state index contributed by atoms with van der Waals surface area (Å²) in [5.41, 5.74) is 1.90. The van der Waals surface area contributed by atoms with Crippen LogP contribution >= 0.6 is 11.6 Å². The fraction of sp³-hybridized carbons (Fsp3) is 0.350. The third-order valence-electron chi connectivity index (χ3n) is 4.37. The zero-order chi connectivity index (χ0) is 19.4. The molecule has 0 spiro atoms. The first kappa shape index (κ1) is 19.3. The minimum Gasteiger partial charge on any atom is -0.496 e. The normalized spacial score (nSPS) is 13.5. The molecule has 0 aromatic heterocycles. The maximum absolute atomic E-state index is 12.4. The van der Waals surface area contributed by atoms with Crippen LogP contribution in [0.15, 0.2) is 36.4 Å². The lowest BCUT2D eigenvalue weighted by Crippen LogP contribution is -2.36. The first-order chi connectivity index (χ1) is 13.0. The van der Waals surface area contributed by atoms with Crippen LogP contribution in [-0.4, -0.2) is 38.3 Å². The van der Waals surface area contributed by atoms with Gasteiger partial charge >= 0.3 is 0 Å². The molecule has 1 aliphatic rings. The van der Waals surface area contributed by atoms with Crippen LogP contribution in [0.1, 0.15) is 24.1 Å². The fourth-order valence-corrected chi connectivity index (χ4v) is 3.21. The highest BCUT2D eigenvalue weighted by Gasteiger charge is 2.18. The molecule has 0 aliphatic carbocycles. The maximum atomic E-state index is 12.4. The van der Waals surface area contributed by atoms with Gasteiger partial charge in [0, 0.05) is 17.1 Å². The Hall–Kier alpha value is -2.44. The van der Waals surface area contributed by atoms with Crippen molar-refractivity contribution in [3.63, 3.8) is 0 Å². The van der Waals surface area contributed by atoms with E-state index in [0.29, 0.717) is 17.3 Å². The van der Waals surface area contributed by atoms with Gasteiger partial charge in [-0.15, -0.1) is 0 Å². The number of amides is 1. The first-order valence-electron chi connectivity index (χ1n) is 8.66. The smallest absolute Gasteiger partial charge is 0.234 e. The van der Waals surface area contributed by atoms with Crippen LogP contribution in [0.3, 0.4) is 0 Å². The molecule has 1 aliphatic heterocycles. The van der Waals surface area contributed by atoms with Gasteiger partial charge in [-0.3, -0.25) is 9.69 Å². The molecule has 144 valence electrons. The lowest BCUT2D eigenvalue weighted by atomic mass is 10.1. The van der Waals surface area contributed by atoms with Crippen LogP contribution in [-0.2, 0) is 11.3 Å². The summed E-state index contributed by atoms with van der Waals surface area (Å²) in [4.78, 5) is 14.3. The molecule has 27 heavy (non-hydrogen) atoms. The molecule has 0 saturated carbocycles. The Kier molecular flexibility index (Phi) is 6.08. The van der Waals surface area contributed by atoms with Crippen molar-refractivity contribution < 1.29 is 19.0 Å². The van der Waals surface area contributed by atoms with Crippen molar-refractivity contribution in [3.05, 3.63) is 52.5 Å². The zero-order valence-corrected chi connectivity index (χ0v) is 16.4. The lowest BCUT2D eigenvalue weighted by Gasteiger charge is -2.20. The van der Waals surface area contributed by atoms with Gasteiger partial charge in [-0.25, -0.2) is 0 Å². The number of halogens is 1. The lowest BCUT2D eigenvalue weighted by molar-refractivity contribution is -0.122. The Bertz CT molecular complexity index is 828. The molecular weight excluding hydrogens is 368 g/mol. The molecule has 2 aromatic carbocycles. The summed E-state index contributed by atoms with van der Waals surface area (Å²) < 4.78 is 16.1. The standard InChI is InChI=1S/C20H23ClN2O4/c1-13(14-4-6-18-19(9-14)27-12-26-18)22-20(24)11-23(2)10-15-8-16(21)5-7-17(15)25-3/h4-9,13H,10-12H2,1-3H3,(H,22,24)/t13-/m0/s1. The Morgan fingerprint density at radius 2 is 2.04 bits per heavy atom. The Morgan fingerprint density at radius 3 is 2.81 bits per heavy atom. The van der Waals surface area contributed by atoms with Gasteiger partial charge in [0.05, 0.1) is 19.7 Å². The molecule has 0 fully saturated rings. The van der Waals surface area contributed by atoms with Crippen LogP contribution in [0, 0.1) is 0 Å². The predicted octanol–water partition coefficient (Wildman–Crippen LogP) is 3.39. The van der Waals surface area contributed by atoms with E-state index >= 15 is 0 Å². The molecule has 0 radical (unpaired) electrons. The van der Waals surface area contributed by atoms with E-state index in [4.69, 9.17) is 25.8 Å². The summed E-state index contributed by atoms with van der Waals surface area (Å²) in [5.74, 6) is 2.12. The van der Waals surface area contributed by atoms with Crippen molar-refractivity contribution in [2.75, 3.05) is 27.5 Å². The molecule has 1 N–H and O–H groups in total. The number of nitrogens with zero attached hydrogens (tertiary/aromatic N) is 1. The average molecular weight is 391 g/mol. The van der Waals surface area contributed by atoms with Gasteiger partial charge in [0.1, 0.15) is 5.75 Å². The molecule has 3 rings (SSSR count). The number of carbonyl (C=O) groups excluding carboxylic acids is 1. The number of hydrogen-bond acceptors (Lipinski definition) is 5. The maximum Gasteiger partial charge on any atom is 0.234 e. The SMILES string of the molecule is COc1ccc(Cl)cc1CN(C)CC(=O)N[C@@H](C)c1ccc2c(c1)OCO2. The number of rotatable bonds is 7. The van der Waals surface area contributed by atoms with Crippen LogP contribution in [0.2, 0.25) is 5.02 Å². The van der Waals surface area contributed by atoms with Crippen molar-refractivity contribution in [2.24, 2.45) is 0 Å². The van der Waals surface area contributed by atoms with Gasteiger partial charge in [0.25, 0.3) is 0 Å². The summed E-state index contributed by atoms with van der Waals surface area (Å²) in [6, 6.07) is 11.0.